The van der Waals surface area contributed by atoms with Crippen molar-refractivity contribution in [3.05, 3.63) is 65.7 Å². The fraction of sp³-hybridized carbons (Fsp3) is 0.368. The third kappa shape index (κ3) is 4.58. The van der Waals surface area contributed by atoms with Crippen molar-refractivity contribution < 1.29 is 4.74 Å². The zero-order chi connectivity index (χ0) is 15.0. The van der Waals surface area contributed by atoms with E-state index in [1.54, 1.807) is 0 Å². The van der Waals surface area contributed by atoms with E-state index in [0.717, 1.165) is 31.9 Å². The lowest BCUT2D eigenvalue weighted by Crippen LogP contribution is -2.27. The lowest BCUT2D eigenvalue weighted by atomic mass is 10.2. The van der Waals surface area contributed by atoms with Gasteiger partial charge >= 0.3 is 0 Å². The van der Waals surface area contributed by atoms with Crippen molar-refractivity contribution in [1.29, 1.82) is 0 Å². The lowest BCUT2D eigenvalue weighted by Gasteiger charge is -2.19. The minimum absolute atomic E-state index is 0.623. The van der Waals surface area contributed by atoms with E-state index in [1.807, 2.05) is 18.2 Å². The second-order valence-corrected chi connectivity index (χ2v) is 5.80. The molecule has 0 bridgehead atoms. The first-order chi connectivity index (χ1) is 10.9. The molecule has 0 amide bonds. The summed E-state index contributed by atoms with van der Waals surface area (Å²) in [5, 5.41) is 3.44. The molecule has 1 aliphatic rings. The summed E-state index contributed by atoms with van der Waals surface area (Å²) < 4.78 is 5.83. The number of nitrogens with zero attached hydrogens (tertiary/aromatic N) is 1. The summed E-state index contributed by atoms with van der Waals surface area (Å²) in [5.41, 5.74) is 2.55. The second kappa shape index (κ2) is 7.97. The molecule has 3 heteroatoms. The van der Waals surface area contributed by atoms with Gasteiger partial charge in [-0.1, -0.05) is 42.5 Å². The Morgan fingerprint density at radius 3 is 2.50 bits per heavy atom. The maximum atomic E-state index is 5.83. The molecule has 2 aromatic rings. The normalized spacial score (nSPS) is 16.2. The number of rotatable bonds is 5. The van der Waals surface area contributed by atoms with Gasteiger partial charge in [-0.2, -0.15) is 0 Å². The molecule has 0 spiro atoms. The summed E-state index contributed by atoms with van der Waals surface area (Å²) in [4.78, 5) is 2.51. The topological polar surface area (TPSA) is 24.5 Å². The highest BCUT2D eigenvalue weighted by molar-refractivity contribution is 5.27. The molecule has 0 atom stereocenters. The average Bonchev–Trinajstić information content (AvgIpc) is 2.84. The van der Waals surface area contributed by atoms with Gasteiger partial charge in [0.2, 0.25) is 0 Å². The van der Waals surface area contributed by atoms with Crippen LogP contribution in [0.25, 0.3) is 0 Å². The Labute approximate surface area is 132 Å². The standard InChI is InChI=1S/C19H24N2O/c1-2-5-18(6-3-1)16-22-19-9-7-17(8-10-19)15-21-13-4-11-20-12-14-21/h1-3,5-10,20H,4,11-16H2. The monoisotopic (exact) mass is 296 g/mol. The molecule has 1 heterocycles. The van der Waals surface area contributed by atoms with Gasteiger partial charge in [0, 0.05) is 19.6 Å². The summed E-state index contributed by atoms with van der Waals surface area (Å²) in [6.07, 6.45) is 1.23. The van der Waals surface area contributed by atoms with E-state index in [9.17, 15) is 0 Å². The van der Waals surface area contributed by atoms with Gasteiger partial charge in [-0.25, -0.2) is 0 Å². The highest BCUT2D eigenvalue weighted by Gasteiger charge is 2.08. The summed E-state index contributed by atoms with van der Waals surface area (Å²) in [5.74, 6) is 0.935. The Balaban J connectivity index is 1.51. The minimum Gasteiger partial charge on any atom is -0.489 e. The van der Waals surface area contributed by atoms with Gasteiger partial charge in [-0.05, 0) is 42.8 Å². The van der Waals surface area contributed by atoms with Gasteiger partial charge < -0.3 is 10.1 Å². The van der Waals surface area contributed by atoms with Crippen molar-refractivity contribution in [3.8, 4) is 5.75 Å². The van der Waals surface area contributed by atoms with Crippen LogP contribution in [0.4, 0.5) is 0 Å². The van der Waals surface area contributed by atoms with E-state index < -0.39 is 0 Å². The van der Waals surface area contributed by atoms with E-state index in [2.05, 4.69) is 46.6 Å². The van der Waals surface area contributed by atoms with E-state index in [1.165, 1.54) is 24.1 Å². The smallest absolute Gasteiger partial charge is 0.119 e. The van der Waals surface area contributed by atoms with Crippen molar-refractivity contribution in [3.63, 3.8) is 0 Å². The fourth-order valence-electron chi connectivity index (χ4n) is 2.75. The van der Waals surface area contributed by atoms with E-state index in [-0.39, 0.29) is 0 Å². The summed E-state index contributed by atoms with van der Waals surface area (Å²) in [6.45, 7) is 6.20. The predicted octanol–water partition coefficient (Wildman–Crippen LogP) is 3.06. The molecule has 1 saturated heterocycles. The molecule has 116 valence electrons. The largest absolute Gasteiger partial charge is 0.489 e. The minimum atomic E-state index is 0.623. The van der Waals surface area contributed by atoms with Crippen molar-refractivity contribution >= 4 is 0 Å². The maximum Gasteiger partial charge on any atom is 0.119 e. The first-order valence-electron chi connectivity index (χ1n) is 8.09. The van der Waals surface area contributed by atoms with E-state index >= 15 is 0 Å². The number of ether oxygens (including phenoxy) is 1. The van der Waals surface area contributed by atoms with Crippen molar-refractivity contribution in [2.24, 2.45) is 0 Å². The van der Waals surface area contributed by atoms with Crippen LogP contribution in [0.15, 0.2) is 54.6 Å². The first-order valence-corrected chi connectivity index (χ1v) is 8.09. The molecule has 1 N–H and O–H groups in total. The van der Waals surface area contributed by atoms with Gasteiger partial charge in [0.05, 0.1) is 0 Å². The Kier molecular flexibility index (Phi) is 5.46. The van der Waals surface area contributed by atoms with Crippen molar-refractivity contribution in [1.82, 2.24) is 10.2 Å². The molecule has 22 heavy (non-hydrogen) atoms. The zero-order valence-corrected chi connectivity index (χ0v) is 13.0. The zero-order valence-electron chi connectivity index (χ0n) is 13.0. The third-order valence-corrected chi connectivity index (χ3v) is 4.01. The van der Waals surface area contributed by atoms with Gasteiger partial charge in [0.15, 0.2) is 0 Å². The number of nitrogens with one attached hydrogen (secondary N) is 1. The van der Waals surface area contributed by atoms with Crippen LogP contribution < -0.4 is 10.1 Å². The molecule has 0 unspecified atom stereocenters. The molecule has 0 saturated carbocycles. The van der Waals surface area contributed by atoms with Crippen LogP contribution in [0.3, 0.4) is 0 Å². The van der Waals surface area contributed by atoms with Crippen LogP contribution in [0, 0.1) is 0 Å². The lowest BCUT2D eigenvalue weighted by molar-refractivity contribution is 0.283. The summed E-state index contributed by atoms with van der Waals surface area (Å²) in [6, 6.07) is 18.8. The van der Waals surface area contributed by atoms with E-state index in [4.69, 9.17) is 4.74 Å². The molecule has 3 rings (SSSR count). The molecule has 3 nitrogen and oxygen atoms in total. The number of hydrogen-bond donors (Lipinski definition) is 1. The third-order valence-electron chi connectivity index (χ3n) is 4.01. The maximum absolute atomic E-state index is 5.83. The number of benzene rings is 2. The Hall–Kier alpha value is -1.84. The van der Waals surface area contributed by atoms with Crippen LogP contribution >= 0.6 is 0 Å². The molecule has 0 aliphatic carbocycles. The second-order valence-electron chi connectivity index (χ2n) is 5.80. The van der Waals surface area contributed by atoms with Gasteiger partial charge in [0.1, 0.15) is 12.4 Å². The van der Waals surface area contributed by atoms with Crippen molar-refractivity contribution in [2.45, 2.75) is 19.6 Å². The molecule has 2 aromatic carbocycles. The fourth-order valence-corrected chi connectivity index (χ4v) is 2.75. The molecule has 0 aromatic heterocycles. The molecule has 1 aliphatic heterocycles. The predicted molar refractivity (Wildman–Crippen MR) is 90.0 cm³/mol. The molecule has 1 fully saturated rings. The van der Waals surface area contributed by atoms with E-state index in [0.29, 0.717) is 6.61 Å². The summed E-state index contributed by atoms with van der Waals surface area (Å²) >= 11 is 0. The average molecular weight is 296 g/mol. The van der Waals surface area contributed by atoms with Crippen LogP contribution in [0.1, 0.15) is 17.5 Å². The van der Waals surface area contributed by atoms with Crippen molar-refractivity contribution in [2.75, 3.05) is 26.2 Å². The molecular weight excluding hydrogens is 272 g/mol. The molecular formula is C19H24N2O. The first kappa shape index (κ1) is 15.1. The van der Waals surface area contributed by atoms with Gasteiger partial charge in [-0.3, -0.25) is 4.90 Å². The van der Waals surface area contributed by atoms with Crippen LogP contribution in [0.5, 0.6) is 5.75 Å². The Morgan fingerprint density at radius 1 is 0.864 bits per heavy atom. The van der Waals surface area contributed by atoms with Crippen LogP contribution in [0.2, 0.25) is 0 Å². The Morgan fingerprint density at radius 2 is 1.68 bits per heavy atom. The number of hydrogen-bond acceptors (Lipinski definition) is 3. The van der Waals surface area contributed by atoms with Gasteiger partial charge in [0.25, 0.3) is 0 Å². The van der Waals surface area contributed by atoms with Gasteiger partial charge in [-0.15, -0.1) is 0 Å². The molecule has 0 radical (unpaired) electrons. The Bertz CT molecular complexity index is 545. The highest BCUT2D eigenvalue weighted by Crippen LogP contribution is 2.15. The summed E-state index contributed by atoms with van der Waals surface area (Å²) in [7, 11) is 0. The highest BCUT2D eigenvalue weighted by atomic mass is 16.5. The van der Waals surface area contributed by atoms with Crippen LogP contribution in [-0.4, -0.2) is 31.1 Å². The quantitative estimate of drug-likeness (QED) is 0.918. The SMILES string of the molecule is c1ccc(COc2ccc(CN3CCCNCC3)cc2)cc1. The van der Waals surface area contributed by atoms with Crippen LogP contribution in [-0.2, 0) is 13.2 Å².